The van der Waals surface area contributed by atoms with Gasteiger partial charge in [0.25, 0.3) is 0 Å². The molecule has 0 atom stereocenters. The highest BCUT2D eigenvalue weighted by molar-refractivity contribution is 9.10. The zero-order chi connectivity index (χ0) is 14.1. The van der Waals surface area contributed by atoms with Crippen molar-refractivity contribution in [3.05, 3.63) is 40.2 Å². The molecule has 2 aromatic heterocycles. The number of methoxy groups -OCH3 is 1. The lowest BCUT2D eigenvalue weighted by Crippen LogP contribution is -1.88. The molecule has 1 aromatic carbocycles. The van der Waals surface area contributed by atoms with Crippen molar-refractivity contribution in [2.24, 2.45) is 0 Å². The predicted octanol–water partition coefficient (Wildman–Crippen LogP) is 4.42. The highest BCUT2D eigenvalue weighted by Gasteiger charge is 2.20. The van der Waals surface area contributed by atoms with Gasteiger partial charge in [-0.15, -0.1) is 11.3 Å². The molecule has 0 saturated carbocycles. The SMILES string of the molecule is COc1ccc(Br)c(-c2noc(N)c2-c2cccs2)c1. The van der Waals surface area contributed by atoms with E-state index in [0.717, 1.165) is 26.2 Å². The van der Waals surface area contributed by atoms with Gasteiger partial charge in [0, 0.05) is 14.9 Å². The van der Waals surface area contributed by atoms with Gasteiger partial charge in [-0.1, -0.05) is 27.2 Å². The predicted molar refractivity (Wildman–Crippen MR) is 83.9 cm³/mol. The number of nitrogen functional groups attached to an aromatic ring is 1. The highest BCUT2D eigenvalue weighted by atomic mass is 79.9. The van der Waals surface area contributed by atoms with Crippen molar-refractivity contribution in [2.45, 2.75) is 0 Å². The van der Waals surface area contributed by atoms with Gasteiger partial charge in [0.2, 0.25) is 5.88 Å². The molecule has 4 nitrogen and oxygen atoms in total. The third-order valence-corrected chi connectivity index (χ3v) is 4.49. The summed E-state index contributed by atoms with van der Waals surface area (Å²) in [5.74, 6) is 1.07. The molecule has 6 heteroatoms. The first-order chi connectivity index (χ1) is 9.70. The molecule has 2 N–H and O–H groups in total. The van der Waals surface area contributed by atoms with Gasteiger partial charge >= 0.3 is 0 Å². The largest absolute Gasteiger partial charge is 0.497 e. The molecule has 0 aliphatic rings. The van der Waals surface area contributed by atoms with E-state index in [0.29, 0.717) is 11.6 Å². The van der Waals surface area contributed by atoms with Gasteiger partial charge in [0.05, 0.1) is 12.7 Å². The number of benzene rings is 1. The average molecular weight is 351 g/mol. The minimum Gasteiger partial charge on any atom is -0.497 e. The van der Waals surface area contributed by atoms with Gasteiger partial charge < -0.3 is 15.0 Å². The second-order valence-corrected chi connectivity index (χ2v) is 5.90. The maximum absolute atomic E-state index is 5.92. The zero-order valence-electron chi connectivity index (χ0n) is 10.6. The number of ether oxygens (including phenoxy) is 1. The van der Waals surface area contributed by atoms with Crippen molar-refractivity contribution < 1.29 is 9.26 Å². The van der Waals surface area contributed by atoms with E-state index < -0.39 is 0 Å². The van der Waals surface area contributed by atoms with Crippen molar-refractivity contribution >= 4 is 33.2 Å². The summed E-state index contributed by atoms with van der Waals surface area (Å²) in [6, 6.07) is 9.65. The van der Waals surface area contributed by atoms with Crippen LogP contribution in [0, 0.1) is 0 Å². The summed E-state index contributed by atoms with van der Waals surface area (Å²) >= 11 is 5.12. The minimum atomic E-state index is 0.317. The van der Waals surface area contributed by atoms with Crippen LogP contribution in [0.5, 0.6) is 5.75 Å². The first kappa shape index (κ1) is 13.2. The highest BCUT2D eigenvalue weighted by Crippen LogP contribution is 2.41. The van der Waals surface area contributed by atoms with Crippen molar-refractivity contribution in [3.63, 3.8) is 0 Å². The Balaban J connectivity index is 2.21. The molecule has 0 amide bonds. The Bertz CT molecular complexity index is 738. The summed E-state index contributed by atoms with van der Waals surface area (Å²) < 4.78 is 11.3. The zero-order valence-corrected chi connectivity index (χ0v) is 13.0. The molecule has 0 unspecified atom stereocenters. The van der Waals surface area contributed by atoms with E-state index in [4.69, 9.17) is 15.0 Å². The van der Waals surface area contributed by atoms with Gasteiger partial charge in [-0.25, -0.2) is 0 Å². The standard InChI is InChI=1S/C14H11BrN2O2S/c1-18-8-4-5-10(15)9(7-8)13-12(14(16)19-17-13)11-3-2-6-20-11/h2-7H,16H2,1H3. The van der Waals surface area contributed by atoms with Gasteiger partial charge in [-0.05, 0) is 29.6 Å². The Morgan fingerprint density at radius 2 is 2.20 bits per heavy atom. The molecule has 20 heavy (non-hydrogen) atoms. The number of rotatable bonds is 3. The first-order valence-electron chi connectivity index (χ1n) is 5.83. The molecule has 0 spiro atoms. The van der Waals surface area contributed by atoms with Crippen LogP contribution in [0.3, 0.4) is 0 Å². The quantitative estimate of drug-likeness (QED) is 0.759. The molecule has 0 radical (unpaired) electrons. The van der Waals surface area contributed by atoms with Crippen molar-refractivity contribution in [1.29, 1.82) is 0 Å². The fourth-order valence-electron chi connectivity index (χ4n) is 1.96. The Kier molecular flexibility index (Phi) is 3.50. The smallest absolute Gasteiger partial charge is 0.231 e. The monoisotopic (exact) mass is 350 g/mol. The van der Waals surface area contributed by atoms with E-state index in [2.05, 4.69) is 21.1 Å². The lowest BCUT2D eigenvalue weighted by atomic mass is 10.1. The Labute approximate surface area is 128 Å². The number of nitrogens with two attached hydrogens (primary N) is 1. The number of aromatic nitrogens is 1. The first-order valence-corrected chi connectivity index (χ1v) is 7.51. The molecule has 3 rings (SSSR count). The van der Waals surface area contributed by atoms with E-state index in [9.17, 15) is 0 Å². The second-order valence-electron chi connectivity index (χ2n) is 4.09. The van der Waals surface area contributed by atoms with Crippen LogP contribution < -0.4 is 10.5 Å². The van der Waals surface area contributed by atoms with Crippen LogP contribution in [0.25, 0.3) is 21.7 Å². The number of anilines is 1. The van der Waals surface area contributed by atoms with E-state index in [1.54, 1.807) is 18.4 Å². The molecular formula is C14H11BrN2O2S. The van der Waals surface area contributed by atoms with Crippen LogP contribution in [0.2, 0.25) is 0 Å². The lowest BCUT2D eigenvalue weighted by Gasteiger charge is -2.06. The van der Waals surface area contributed by atoms with Gasteiger partial charge in [0.1, 0.15) is 11.4 Å². The average Bonchev–Trinajstić information content (AvgIpc) is 3.08. The van der Waals surface area contributed by atoms with E-state index in [1.165, 1.54) is 0 Å². The number of halogens is 1. The molecule has 0 aliphatic heterocycles. The third-order valence-electron chi connectivity index (χ3n) is 2.91. The molecule has 0 aliphatic carbocycles. The Morgan fingerprint density at radius 1 is 1.35 bits per heavy atom. The summed E-state index contributed by atoms with van der Waals surface area (Å²) in [5, 5.41) is 6.09. The van der Waals surface area contributed by atoms with Crippen molar-refractivity contribution in [2.75, 3.05) is 12.8 Å². The van der Waals surface area contributed by atoms with Crippen LogP contribution >= 0.6 is 27.3 Å². The van der Waals surface area contributed by atoms with E-state index >= 15 is 0 Å². The van der Waals surface area contributed by atoms with Crippen LogP contribution in [0.1, 0.15) is 0 Å². The molecule has 0 bridgehead atoms. The number of hydrogen-bond acceptors (Lipinski definition) is 5. The number of nitrogens with zero attached hydrogens (tertiary/aromatic N) is 1. The van der Waals surface area contributed by atoms with Gasteiger partial charge in [-0.3, -0.25) is 0 Å². The molecule has 2 heterocycles. The van der Waals surface area contributed by atoms with Crippen LogP contribution in [-0.4, -0.2) is 12.3 Å². The summed E-state index contributed by atoms with van der Waals surface area (Å²) in [4.78, 5) is 1.02. The van der Waals surface area contributed by atoms with Gasteiger partial charge in [0.15, 0.2) is 0 Å². The van der Waals surface area contributed by atoms with Crippen LogP contribution in [-0.2, 0) is 0 Å². The molecule has 0 saturated heterocycles. The lowest BCUT2D eigenvalue weighted by molar-refractivity contribution is 0.414. The molecule has 102 valence electrons. The number of thiophene rings is 1. The van der Waals surface area contributed by atoms with E-state index in [1.807, 2.05) is 35.7 Å². The van der Waals surface area contributed by atoms with Crippen LogP contribution in [0.15, 0.2) is 44.7 Å². The number of hydrogen-bond donors (Lipinski definition) is 1. The summed E-state index contributed by atoms with van der Waals surface area (Å²) in [6.45, 7) is 0. The van der Waals surface area contributed by atoms with Gasteiger partial charge in [-0.2, -0.15) is 0 Å². The van der Waals surface area contributed by atoms with Crippen molar-refractivity contribution in [1.82, 2.24) is 5.16 Å². The van der Waals surface area contributed by atoms with Crippen molar-refractivity contribution in [3.8, 4) is 27.4 Å². The fraction of sp³-hybridized carbons (Fsp3) is 0.0714. The summed E-state index contributed by atoms with van der Waals surface area (Å²) in [7, 11) is 1.63. The Morgan fingerprint density at radius 3 is 2.90 bits per heavy atom. The Hall–Kier alpha value is -1.79. The van der Waals surface area contributed by atoms with Crippen LogP contribution in [0.4, 0.5) is 5.88 Å². The fourth-order valence-corrected chi connectivity index (χ4v) is 3.17. The topological polar surface area (TPSA) is 61.3 Å². The normalized spacial score (nSPS) is 10.7. The second kappa shape index (κ2) is 5.30. The maximum Gasteiger partial charge on any atom is 0.231 e. The molecule has 3 aromatic rings. The maximum atomic E-state index is 5.92. The molecular weight excluding hydrogens is 340 g/mol. The van der Waals surface area contributed by atoms with E-state index in [-0.39, 0.29) is 0 Å². The summed E-state index contributed by atoms with van der Waals surface area (Å²) in [5.41, 5.74) is 8.32. The third kappa shape index (κ3) is 2.21. The minimum absolute atomic E-state index is 0.317. The summed E-state index contributed by atoms with van der Waals surface area (Å²) in [6.07, 6.45) is 0. The molecule has 0 fully saturated rings.